The van der Waals surface area contributed by atoms with Gasteiger partial charge in [0.2, 0.25) is 5.91 Å². The molecule has 3 aromatic rings. The van der Waals surface area contributed by atoms with Crippen molar-refractivity contribution in [1.82, 2.24) is 20.1 Å². The second-order valence-corrected chi connectivity index (χ2v) is 8.34. The molecule has 1 aromatic heterocycles. The highest BCUT2D eigenvalue weighted by molar-refractivity contribution is 7.99. The fourth-order valence-corrected chi connectivity index (χ4v) is 3.94. The molecule has 2 aromatic carbocycles. The third-order valence-corrected chi connectivity index (χ3v) is 5.95. The van der Waals surface area contributed by atoms with E-state index in [-0.39, 0.29) is 29.4 Å². The Morgan fingerprint density at radius 2 is 1.84 bits per heavy atom. The number of aryl methyl sites for hydroxylation is 1. The Hall–Kier alpha value is -3.20. The van der Waals surface area contributed by atoms with Crippen molar-refractivity contribution in [3.63, 3.8) is 0 Å². The van der Waals surface area contributed by atoms with Gasteiger partial charge in [-0.2, -0.15) is 0 Å². The first-order valence-electron chi connectivity index (χ1n) is 10.3. The predicted octanol–water partition coefficient (Wildman–Crippen LogP) is 4.28. The summed E-state index contributed by atoms with van der Waals surface area (Å²) in [6.45, 7) is 7.95. The zero-order chi connectivity index (χ0) is 23.3. The van der Waals surface area contributed by atoms with Gasteiger partial charge in [0.15, 0.2) is 11.0 Å². The van der Waals surface area contributed by atoms with Gasteiger partial charge >= 0.3 is 0 Å². The predicted molar refractivity (Wildman–Crippen MR) is 123 cm³/mol. The second kappa shape index (κ2) is 10.4. The van der Waals surface area contributed by atoms with Gasteiger partial charge in [-0.15, -0.1) is 10.2 Å². The minimum Gasteiger partial charge on any atom is -0.342 e. The highest BCUT2D eigenvalue weighted by Gasteiger charge is 2.20. The van der Waals surface area contributed by atoms with Crippen molar-refractivity contribution in [2.24, 2.45) is 0 Å². The van der Waals surface area contributed by atoms with Crippen LogP contribution in [-0.4, -0.2) is 32.3 Å². The Kier molecular flexibility index (Phi) is 7.63. The summed E-state index contributed by atoms with van der Waals surface area (Å²) < 4.78 is 15.5. The lowest BCUT2D eigenvalue weighted by Crippen LogP contribution is -2.28. The molecule has 0 aliphatic heterocycles. The fraction of sp³-hybridized carbons (Fsp3) is 0.304. The molecular formula is C23H26FN5O2S. The number of hydrogen-bond acceptors (Lipinski definition) is 5. The van der Waals surface area contributed by atoms with Gasteiger partial charge in [-0.25, -0.2) is 4.39 Å². The summed E-state index contributed by atoms with van der Waals surface area (Å²) >= 11 is 1.23. The van der Waals surface area contributed by atoms with Gasteiger partial charge in [0.25, 0.3) is 5.91 Å². The molecule has 0 radical (unpaired) electrons. The van der Waals surface area contributed by atoms with E-state index in [9.17, 15) is 14.0 Å². The van der Waals surface area contributed by atoms with Crippen LogP contribution in [0, 0.1) is 19.7 Å². The van der Waals surface area contributed by atoms with Gasteiger partial charge in [-0.3, -0.25) is 9.59 Å². The number of hydrogen-bond donors (Lipinski definition) is 2. The summed E-state index contributed by atoms with van der Waals surface area (Å²) in [5, 5.41) is 14.7. The van der Waals surface area contributed by atoms with Crippen molar-refractivity contribution < 1.29 is 14.0 Å². The lowest BCUT2D eigenvalue weighted by Gasteiger charge is -2.15. The number of carbonyl (C=O) groups is 2. The van der Waals surface area contributed by atoms with Crippen LogP contribution in [-0.2, 0) is 11.3 Å². The quantitative estimate of drug-likeness (QED) is 0.495. The molecule has 0 spiro atoms. The van der Waals surface area contributed by atoms with Gasteiger partial charge in [0, 0.05) is 23.4 Å². The molecular weight excluding hydrogens is 429 g/mol. The molecule has 2 N–H and O–H groups in total. The third-order valence-electron chi connectivity index (χ3n) is 4.98. The first-order valence-corrected chi connectivity index (χ1v) is 11.3. The Morgan fingerprint density at radius 3 is 2.53 bits per heavy atom. The maximum atomic E-state index is 13.7. The van der Waals surface area contributed by atoms with Gasteiger partial charge in [-0.1, -0.05) is 35.5 Å². The maximum Gasteiger partial charge on any atom is 0.251 e. The van der Waals surface area contributed by atoms with E-state index in [2.05, 4.69) is 20.8 Å². The van der Waals surface area contributed by atoms with Crippen LogP contribution in [0.15, 0.2) is 47.6 Å². The molecule has 0 saturated heterocycles. The summed E-state index contributed by atoms with van der Waals surface area (Å²) in [7, 11) is 0. The SMILES string of the molecule is CCn1c(SCC(=O)Nc2cccc(F)c2C)nnc1[C@@H](C)NC(=O)c1ccc(C)cc1. The molecule has 0 bridgehead atoms. The Balaban J connectivity index is 1.63. The Morgan fingerprint density at radius 1 is 1.12 bits per heavy atom. The second-order valence-electron chi connectivity index (χ2n) is 7.40. The smallest absolute Gasteiger partial charge is 0.251 e. The van der Waals surface area contributed by atoms with Crippen molar-refractivity contribution in [1.29, 1.82) is 0 Å². The summed E-state index contributed by atoms with van der Waals surface area (Å²) in [5.74, 6) is -0.124. The molecule has 9 heteroatoms. The standard InChI is InChI=1S/C23H26FN5O2S/c1-5-29-21(16(4)25-22(31)17-11-9-14(2)10-12-17)27-28-23(29)32-13-20(30)26-19-8-6-7-18(24)15(19)3/h6-12,16H,5,13H2,1-4H3,(H,25,31)(H,26,30)/t16-/m1/s1. The average molecular weight is 456 g/mol. The minimum absolute atomic E-state index is 0.0954. The largest absolute Gasteiger partial charge is 0.342 e. The molecule has 0 saturated carbocycles. The van der Waals surface area contributed by atoms with Crippen LogP contribution in [0.1, 0.15) is 47.2 Å². The van der Waals surface area contributed by atoms with E-state index < -0.39 is 0 Å². The van der Waals surface area contributed by atoms with E-state index >= 15 is 0 Å². The zero-order valence-corrected chi connectivity index (χ0v) is 19.3. The van der Waals surface area contributed by atoms with Crippen LogP contribution < -0.4 is 10.6 Å². The normalized spacial score (nSPS) is 11.8. The van der Waals surface area contributed by atoms with Crippen LogP contribution in [0.25, 0.3) is 0 Å². The van der Waals surface area contributed by atoms with Crippen LogP contribution in [0.5, 0.6) is 0 Å². The maximum absolute atomic E-state index is 13.7. The van der Waals surface area contributed by atoms with Crippen LogP contribution in [0.4, 0.5) is 10.1 Å². The zero-order valence-electron chi connectivity index (χ0n) is 18.5. The first-order chi connectivity index (χ1) is 15.3. The topological polar surface area (TPSA) is 88.9 Å². The molecule has 0 fully saturated rings. The molecule has 1 atom stereocenters. The van der Waals surface area contributed by atoms with Gasteiger partial charge in [0.05, 0.1) is 11.8 Å². The van der Waals surface area contributed by atoms with Crippen molar-refractivity contribution in [2.75, 3.05) is 11.1 Å². The van der Waals surface area contributed by atoms with Crippen LogP contribution in [0.2, 0.25) is 0 Å². The van der Waals surface area contributed by atoms with Gasteiger partial charge in [0.1, 0.15) is 5.82 Å². The number of carbonyl (C=O) groups excluding carboxylic acids is 2. The lowest BCUT2D eigenvalue weighted by atomic mass is 10.1. The molecule has 32 heavy (non-hydrogen) atoms. The number of halogens is 1. The number of nitrogens with one attached hydrogen (secondary N) is 2. The van der Waals surface area contributed by atoms with Crippen LogP contribution >= 0.6 is 11.8 Å². The molecule has 2 amide bonds. The molecule has 0 aliphatic carbocycles. The average Bonchev–Trinajstić information content (AvgIpc) is 3.19. The van der Waals surface area contributed by atoms with Crippen molar-refractivity contribution in [3.8, 4) is 0 Å². The highest BCUT2D eigenvalue weighted by atomic mass is 32.2. The molecule has 0 unspecified atom stereocenters. The number of aromatic nitrogens is 3. The van der Waals surface area contributed by atoms with E-state index in [0.717, 1.165) is 5.56 Å². The van der Waals surface area contributed by atoms with Crippen molar-refractivity contribution in [2.45, 2.75) is 45.4 Å². The summed E-state index contributed by atoms with van der Waals surface area (Å²) in [6.07, 6.45) is 0. The number of rotatable bonds is 8. The Bertz CT molecular complexity index is 1110. The summed E-state index contributed by atoms with van der Waals surface area (Å²) in [5.41, 5.74) is 2.49. The highest BCUT2D eigenvalue weighted by Crippen LogP contribution is 2.22. The van der Waals surface area contributed by atoms with Gasteiger partial charge in [-0.05, 0) is 52.0 Å². The molecule has 1 heterocycles. The number of anilines is 1. The fourth-order valence-electron chi connectivity index (χ4n) is 3.13. The summed E-state index contributed by atoms with van der Waals surface area (Å²) in [4.78, 5) is 24.9. The van der Waals surface area contributed by atoms with Crippen molar-refractivity contribution >= 4 is 29.3 Å². The number of benzene rings is 2. The first kappa shape index (κ1) is 23.5. The molecule has 3 rings (SSSR count). The Labute approximate surface area is 190 Å². The van der Waals surface area contributed by atoms with Gasteiger partial charge < -0.3 is 15.2 Å². The van der Waals surface area contributed by atoms with E-state index in [1.165, 1.54) is 17.8 Å². The van der Waals surface area contributed by atoms with E-state index in [4.69, 9.17) is 0 Å². The molecule has 168 valence electrons. The van der Waals surface area contributed by atoms with Crippen LogP contribution in [0.3, 0.4) is 0 Å². The molecule has 0 aliphatic rings. The lowest BCUT2D eigenvalue weighted by molar-refractivity contribution is -0.113. The molecule has 7 nitrogen and oxygen atoms in total. The third kappa shape index (κ3) is 5.53. The van der Waals surface area contributed by atoms with E-state index in [1.54, 1.807) is 31.2 Å². The monoisotopic (exact) mass is 455 g/mol. The number of nitrogens with zero attached hydrogens (tertiary/aromatic N) is 3. The van der Waals surface area contributed by atoms with Crippen molar-refractivity contribution in [3.05, 3.63) is 70.8 Å². The number of thioether (sulfide) groups is 1. The summed E-state index contributed by atoms with van der Waals surface area (Å²) in [6, 6.07) is 11.5. The minimum atomic E-state index is -0.368. The number of amides is 2. The van der Waals surface area contributed by atoms with E-state index in [0.29, 0.717) is 34.3 Å². The van der Waals surface area contributed by atoms with E-state index in [1.807, 2.05) is 37.5 Å².